The summed E-state index contributed by atoms with van der Waals surface area (Å²) in [7, 11) is 0. The van der Waals surface area contributed by atoms with Gasteiger partial charge in [0.1, 0.15) is 0 Å². The number of aliphatic hydroxyl groups excluding tert-OH is 1. The van der Waals surface area contributed by atoms with Gasteiger partial charge in [-0.05, 0) is 43.5 Å². The molecule has 1 unspecified atom stereocenters. The highest BCUT2D eigenvalue weighted by Gasteiger charge is 2.18. The zero-order valence-corrected chi connectivity index (χ0v) is 12.3. The summed E-state index contributed by atoms with van der Waals surface area (Å²) < 4.78 is 0. The molecule has 0 saturated heterocycles. The van der Waals surface area contributed by atoms with Crippen LogP contribution < -0.4 is 10.6 Å². The molecule has 2 amide bonds. The van der Waals surface area contributed by atoms with Crippen molar-refractivity contribution in [3.63, 3.8) is 0 Å². The smallest absolute Gasteiger partial charge is 0.313 e. The molecule has 0 aromatic heterocycles. The molecule has 110 valence electrons. The molecule has 0 saturated carbocycles. The average Bonchev–Trinajstić information content (AvgIpc) is 2.41. The fourth-order valence-electron chi connectivity index (χ4n) is 1.73. The second-order valence-electron chi connectivity index (χ2n) is 4.50. The molecule has 1 rings (SSSR count). The van der Waals surface area contributed by atoms with E-state index in [4.69, 9.17) is 16.7 Å². The Labute approximate surface area is 123 Å². The Balaban J connectivity index is 2.63. The van der Waals surface area contributed by atoms with Gasteiger partial charge in [0.05, 0.1) is 0 Å². The van der Waals surface area contributed by atoms with Crippen LogP contribution in [0.25, 0.3) is 0 Å². The minimum absolute atomic E-state index is 0.0311. The van der Waals surface area contributed by atoms with E-state index in [2.05, 4.69) is 10.6 Å². The highest BCUT2D eigenvalue weighted by atomic mass is 35.5. The molecular weight excluding hydrogens is 280 g/mol. The molecule has 6 heteroatoms. The minimum Gasteiger partial charge on any atom is -0.396 e. The van der Waals surface area contributed by atoms with Crippen molar-refractivity contribution < 1.29 is 14.7 Å². The maximum Gasteiger partial charge on any atom is 0.313 e. The Bertz CT molecular complexity index is 491. The Morgan fingerprint density at radius 1 is 1.35 bits per heavy atom. The third-order valence-corrected chi connectivity index (χ3v) is 3.18. The van der Waals surface area contributed by atoms with Crippen LogP contribution in [0.3, 0.4) is 0 Å². The molecule has 3 N–H and O–H groups in total. The molecule has 1 aromatic rings. The average molecular weight is 299 g/mol. The van der Waals surface area contributed by atoms with Crippen LogP contribution in [0.1, 0.15) is 25.3 Å². The van der Waals surface area contributed by atoms with Gasteiger partial charge in [-0.1, -0.05) is 18.5 Å². The Kier molecular flexibility index (Phi) is 6.48. The molecule has 5 nitrogen and oxygen atoms in total. The summed E-state index contributed by atoms with van der Waals surface area (Å²) in [4.78, 5) is 23.5. The second kappa shape index (κ2) is 7.87. The Morgan fingerprint density at radius 2 is 2.05 bits per heavy atom. The number of aliphatic hydroxyl groups is 1. The van der Waals surface area contributed by atoms with E-state index in [-0.39, 0.29) is 12.6 Å². The maximum absolute atomic E-state index is 11.8. The van der Waals surface area contributed by atoms with Crippen LogP contribution in [-0.4, -0.2) is 29.6 Å². The molecule has 0 spiro atoms. The van der Waals surface area contributed by atoms with E-state index in [1.54, 1.807) is 25.1 Å². The summed E-state index contributed by atoms with van der Waals surface area (Å²) in [6.45, 7) is 3.64. The molecule has 0 aliphatic heterocycles. The number of amides is 2. The lowest BCUT2D eigenvalue weighted by Crippen LogP contribution is -2.42. The van der Waals surface area contributed by atoms with E-state index >= 15 is 0 Å². The number of nitrogens with one attached hydrogen (secondary N) is 2. The molecule has 0 radical (unpaired) electrons. The predicted molar refractivity (Wildman–Crippen MR) is 78.7 cm³/mol. The summed E-state index contributed by atoms with van der Waals surface area (Å²) in [5.41, 5.74) is 1.32. The van der Waals surface area contributed by atoms with Crippen LogP contribution in [0.5, 0.6) is 0 Å². The highest BCUT2D eigenvalue weighted by molar-refractivity contribution is 6.39. The number of aryl methyl sites for hydroxylation is 1. The van der Waals surface area contributed by atoms with Crippen LogP contribution in [0.15, 0.2) is 18.2 Å². The first-order valence-electron chi connectivity index (χ1n) is 6.46. The number of hydrogen-bond donors (Lipinski definition) is 3. The molecule has 0 heterocycles. The first-order valence-corrected chi connectivity index (χ1v) is 6.84. The number of carbonyl (C=O) groups excluding carboxylic acids is 2. The lowest BCUT2D eigenvalue weighted by molar-refractivity contribution is -0.136. The number of benzene rings is 1. The quantitative estimate of drug-likeness (QED) is 0.726. The lowest BCUT2D eigenvalue weighted by atomic mass is 10.1. The van der Waals surface area contributed by atoms with Gasteiger partial charge in [-0.3, -0.25) is 9.59 Å². The van der Waals surface area contributed by atoms with Gasteiger partial charge in [0.15, 0.2) is 0 Å². The molecule has 0 fully saturated rings. The largest absolute Gasteiger partial charge is 0.396 e. The van der Waals surface area contributed by atoms with Crippen molar-refractivity contribution in [3.8, 4) is 0 Å². The Morgan fingerprint density at radius 3 is 2.60 bits per heavy atom. The van der Waals surface area contributed by atoms with E-state index < -0.39 is 11.8 Å². The van der Waals surface area contributed by atoms with E-state index in [1.807, 2.05) is 6.92 Å². The molecule has 20 heavy (non-hydrogen) atoms. The van der Waals surface area contributed by atoms with Gasteiger partial charge in [-0.15, -0.1) is 0 Å². The van der Waals surface area contributed by atoms with Crippen LogP contribution in [0.2, 0.25) is 5.02 Å². The minimum atomic E-state index is -0.730. The normalized spacial score (nSPS) is 11.8. The van der Waals surface area contributed by atoms with Crippen LogP contribution >= 0.6 is 11.6 Å². The maximum atomic E-state index is 11.8. The lowest BCUT2D eigenvalue weighted by Gasteiger charge is -2.15. The summed E-state index contributed by atoms with van der Waals surface area (Å²) in [6.07, 6.45) is 1.08. The van der Waals surface area contributed by atoms with Crippen LogP contribution in [0.4, 0.5) is 5.69 Å². The van der Waals surface area contributed by atoms with Crippen molar-refractivity contribution in [1.82, 2.24) is 5.32 Å². The number of hydrogen-bond acceptors (Lipinski definition) is 3. The van der Waals surface area contributed by atoms with Gasteiger partial charge in [0.25, 0.3) is 0 Å². The van der Waals surface area contributed by atoms with Gasteiger partial charge in [-0.2, -0.15) is 0 Å². The summed E-state index contributed by atoms with van der Waals surface area (Å²) in [5, 5.41) is 14.5. The van der Waals surface area contributed by atoms with Crippen molar-refractivity contribution in [2.45, 2.75) is 32.7 Å². The van der Waals surface area contributed by atoms with Gasteiger partial charge in [-0.25, -0.2) is 0 Å². The van der Waals surface area contributed by atoms with E-state index in [1.165, 1.54) is 0 Å². The van der Waals surface area contributed by atoms with Gasteiger partial charge in [0, 0.05) is 23.4 Å². The molecular formula is C14H19ClN2O3. The van der Waals surface area contributed by atoms with Gasteiger partial charge < -0.3 is 15.7 Å². The molecule has 0 bridgehead atoms. The first kappa shape index (κ1) is 16.5. The van der Waals surface area contributed by atoms with Crippen molar-refractivity contribution in [1.29, 1.82) is 0 Å². The fraction of sp³-hybridized carbons (Fsp3) is 0.429. The zero-order valence-electron chi connectivity index (χ0n) is 11.6. The molecule has 1 aromatic carbocycles. The van der Waals surface area contributed by atoms with Crippen LogP contribution in [0, 0.1) is 6.92 Å². The summed E-state index contributed by atoms with van der Waals surface area (Å²) >= 11 is 5.82. The van der Waals surface area contributed by atoms with E-state index in [0.29, 0.717) is 23.6 Å². The molecule has 0 aliphatic rings. The molecule has 0 aliphatic carbocycles. The second-order valence-corrected chi connectivity index (χ2v) is 4.94. The first-order chi connectivity index (χ1) is 9.47. The molecule has 1 atom stereocenters. The van der Waals surface area contributed by atoms with Gasteiger partial charge in [0.2, 0.25) is 0 Å². The topological polar surface area (TPSA) is 78.4 Å². The third kappa shape index (κ3) is 4.83. The number of halogens is 1. The summed E-state index contributed by atoms with van der Waals surface area (Å²) in [5.74, 6) is -1.44. The number of rotatable bonds is 5. The van der Waals surface area contributed by atoms with Crippen molar-refractivity contribution >= 4 is 29.1 Å². The standard InChI is InChI=1S/C14H19ClN2O3/c1-3-11(6-7-18)16-13(19)14(20)17-12-5-4-10(15)8-9(12)2/h4-5,8,11,18H,3,6-7H2,1-2H3,(H,16,19)(H,17,20). The number of carbonyl (C=O) groups is 2. The van der Waals surface area contributed by atoms with Gasteiger partial charge >= 0.3 is 11.8 Å². The predicted octanol–water partition coefficient (Wildman–Crippen LogP) is 1.86. The van der Waals surface area contributed by atoms with Crippen molar-refractivity contribution in [3.05, 3.63) is 28.8 Å². The van der Waals surface area contributed by atoms with Crippen LogP contribution in [-0.2, 0) is 9.59 Å². The summed E-state index contributed by atoms with van der Waals surface area (Å²) in [6, 6.07) is 4.79. The highest BCUT2D eigenvalue weighted by Crippen LogP contribution is 2.19. The Hall–Kier alpha value is -1.59. The van der Waals surface area contributed by atoms with Crippen molar-refractivity contribution in [2.75, 3.05) is 11.9 Å². The third-order valence-electron chi connectivity index (χ3n) is 2.95. The monoisotopic (exact) mass is 298 g/mol. The number of anilines is 1. The fourth-order valence-corrected chi connectivity index (χ4v) is 1.96. The zero-order chi connectivity index (χ0) is 15.1. The van der Waals surface area contributed by atoms with E-state index in [9.17, 15) is 9.59 Å². The SMILES string of the molecule is CCC(CCO)NC(=O)C(=O)Nc1ccc(Cl)cc1C. The van der Waals surface area contributed by atoms with E-state index in [0.717, 1.165) is 5.56 Å². The van der Waals surface area contributed by atoms with Crippen molar-refractivity contribution in [2.24, 2.45) is 0 Å².